The number of nitrogens with two attached hydrogens (primary N) is 1. The molecule has 5 nitrogen and oxygen atoms in total. The van der Waals surface area contributed by atoms with Crippen molar-refractivity contribution >= 4 is 11.6 Å². The Labute approximate surface area is 129 Å². The highest BCUT2D eigenvalue weighted by Crippen LogP contribution is 2.23. The van der Waals surface area contributed by atoms with Gasteiger partial charge in [0.1, 0.15) is 11.9 Å². The molecule has 0 aliphatic carbocycles. The van der Waals surface area contributed by atoms with E-state index in [1.807, 2.05) is 15.9 Å². The zero-order chi connectivity index (χ0) is 15.5. The summed E-state index contributed by atoms with van der Waals surface area (Å²) in [4.78, 5) is 16.2. The minimum absolute atomic E-state index is 0.00801. The first-order valence-electron chi connectivity index (χ1n) is 7.83. The molecule has 1 amide bonds. The number of para-hydroxylation sites is 1. The van der Waals surface area contributed by atoms with Crippen molar-refractivity contribution < 1.29 is 13.9 Å². The van der Waals surface area contributed by atoms with Crippen molar-refractivity contribution in [3.05, 3.63) is 30.1 Å². The third-order valence-corrected chi connectivity index (χ3v) is 4.43. The summed E-state index contributed by atoms with van der Waals surface area (Å²) >= 11 is 0. The van der Waals surface area contributed by atoms with E-state index in [0.717, 1.165) is 12.8 Å². The first kappa shape index (κ1) is 15.2. The van der Waals surface area contributed by atoms with Gasteiger partial charge in [0.05, 0.1) is 11.8 Å². The SMILES string of the molecule is NC[C@H]1CC[C@@H](C(=O)N2CCN(c3ccccc3F)CC2)O1. The fraction of sp³-hybridized carbons (Fsp3) is 0.562. The molecular weight excluding hydrogens is 285 g/mol. The van der Waals surface area contributed by atoms with Gasteiger partial charge in [-0.1, -0.05) is 12.1 Å². The van der Waals surface area contributed by atoms with E-state index in [4.69, 9.17) is 10.5 Å². The minimum Gasteiger partial charge on any atom is -0.366 e. The lowest BCUT2D eigenvalue weighted by Gasteiger charge is -2.37. The highest BCUT2D eigenvalue weighted by atomic mass is 19.1. The second kappa shape index (κ2) is 6.62. The van der Waals surface area contributed by atoms with Crippen LogP contribution in [0.3, 0.4) is 0 Å². The summed E-state index contributed by atoms with van der Waals surface area (Å²) in [6.07, 6.45) is 1.25. The number of benzene rings is 1. The number of rotatable bonds is 3. The Morgan fingerprint density at radius 1 is 1.23 bits per heavy atom. The molecule has 2 fully saturated rings. The van der Waals surface area contributed by atoms with E-state index in [0.29, 0.717) is 38.4 Å². The van der Waals surface area contributed by atoms with Gasteiger partial charge in [-0.25, -0.2) is 4.39 Å². The molecule has 22 heavy (non-hydrogen) atoms. The Balaban J connectivity index is 1.56. The largest absolute Gasteiger partial charge is 0.366 e. The van der Waals surface area contributed by atoms with E-state index < -0.39 is 0 Å². The lowest BCUT2D eigenvalue weighted by molar-refractivity contribution is -0.143. The molecule has 2 saturated heterocycles. The summed E-state index contributed by atoms with van der Waals surface area (Å²) in [6.45, 7) is 2.94. The summed E-state index contributed by atoms with van der Waals surface area (Å²) < 4.78 is 19.5. The molecule has 0 saturated carbocycles. The summed E-state index contributed by atoms with van der Waals surface area (Å²) in [5.41, 5.74) is 6.19. The van der Waals surface area contributed by atoms with Gasteiger partial charge in [0.25, 0.3) is 5.91 Å². The maximum atomic E-state index is 13.8. The molecule has 2 atom stereocenters. The monoisotopic (exact) mass is 307 g/mol. The summed E-state index contributed by atoms with van der Waals surface area (Å²) in [5, 5.41) is 0. The smallest absolute Gasteiger partial charge is 0.251 e. The number of hydrogen-bond donors (Lipinski definition) is 1. The number of halogens is 1. The second-order valence-corrected chi connectivity index (χ2v) is 5.82. The third-order valence-electron chi connectivity index (χ3n) is 4.43. The molecule has 120 valence electrons. The van der Waals surface area contributed by atoms with Crippen LogP contribution in [0.2, 0.25) is 0 Å². The molecule has 2 N–H and O–H groups in total. The number of amides is 1. The maximum absolute atomic E-state index is 13.8. The Bertz CT molecular complexity index is 532. The summed E-state index contributed by atoms with van der Waals surface area (Å²) in [6, 6.07) is 6.75. The van der Waals surface area contributed by atoms with E-state index >= 15 is 0 Å². The topological polar surface area (TPSA) is 58.8 Å². The minimum atomic E-state index is -0.353. The number of piperazine rings is 1. The van der Waals surface area contributed by atoms with Crippen LogP contribution < -0.4 is 10.6 Å². The van der Waals surface area contributed by atoms with Gasteiger partial charge in [-0.05, 0) is 25.0 Å². The van der Waals surface area contributed by atoms with Crippen LogP contribution in [0, 0.1) is 5.82 Å². The molecule has 0 spiro atoms. The van der Waals surface area contributed by atoms with Crippen LogP contribution in [-0.2, 0) is 9.53 Å². The summed E-state index contributed by atoms with van der Waals surface area (Å²) in [7, 11) is 0. The lowest BCUT2D eigenvalue weighted by atomic mass is 10.1. The van der Waals surface area contributed by atoms with Gasteiger partial charge in [0.2, 0.25) is 0 Å². The van der Waals surface area contributed by atoms with Crippen molar-refractivity contribution in [1.29, 1.82) is 0 Å². The quantitative estimate of drug-likeness (QED) is 0.904. The fourth-order valence-corrected chi connectivity index (χ4v) is 3.14. The van der Waals surface area contributed by atoms with E-state index in [1.54, 1.807) is 12.1 Å². The molecule has 0 aromatic heterocycles. The third kappa shape index (κ3) is 3.08. The zero-order valence-electron chi connectivity index (χ0n) is 12.6. The maximum Gasteiger partial charge on any atom is 0.251 e. The number of carbonyl (C=O) groups is 1. The number of nitrogens with zero attached hydrogens (tertiary/aromatic N) is 2. The van der Waals surface area contributed by atoms with Crippen molar-refractivity contribution in [1.82, 2.24) is 4.90 Å². The van der Waals surface area contributed by atoms with E-state index in [-0.39, 0.29) is 23.9 Å². The highest BCUT2D eigenvalue weighted by Gasteiger charge is 2.34. The number of hydrogen-bond acceptors (Lipinski definition) is 4. The fourth-order valence-electron chi connectivity index (χ4n) is 3.14. The molecule has 3 rings (SSSR count). The van der Waals surface area contributed by atoms with Gasteiger partial charge in [-0.3, -0.25) is 4.79 Å². The predicted octanol–water partition coefficient (Wildman–Crippen LogP) is 0.981. The van der Waals surface area contributed by atoms with Gasteiger partial charge < -0.3 is 20.3 Å². The van der Waals surface area contributed by atoms with Crippen LogP contribution >= 0.6 is 0 Å². The van der Waals surface area contributed by atoms with E-state index in [9.17, 15) is 9.18 Å². The number of carbonyl (C=O) groups excluding carboxylic acids is 1. The van der Waals surface area contributed by atoms with Crippen LogP contribution in [0.5, 0.6) is 0 Å². The van der Waals surface area contributed by atoms with Crippen LogP contribution in [0.1, 0.15) is 12.8 Å². The number of anilines is 1. The van der Waals surface area contributed by atoms with Crippen molar-refractivity contribution in [3.63, 3.8) is 0 Å². The lowest BCUT2D eigenvalue weighted by Crippen LogP contribution is -2.51. The molecule has 1 aromatic carbocycles. The number of ether oxygens (including phenoxy) is 1. The van der Waals surface area contributed by atoms with Crippen molar-refractivity contribution in [2.45, 2.75) is 25.0 Å². The molecule has 0 radical (unpaired) electrons. The molecule has 2 heterocycles. The summed E-state index contributed by atoms with van der Waals surface area (Å²) in [5.74, 6) is -0.170. The molecule has 6 heteroatoms. The van der Waals surface area contributed by atoms with Crippen molar-refractivity contribution in [2.24, 2.45) is 5.73 Å². The molecule has 0 unspecified atom stereocenters. The molecule has 0 bridgehead atoms. The molecular formula is C16H22FN3O2. The Hall–Kier alpha value is -1.66. The van der Waals surface area contributed by atoms with Crippen LogP contribution in [0.4, 0.5) is 10.1 Å². The Kier molecular flexibility index (Phi) is 4.59. The van der Waals surface area contributed by atoms with Crippen LogP contribution in [0.25, 0.3) is 0 Å². The van der Waals surface area contributed by atoms with Gasteiger partial charge in [-0.2, -0.15) is 0 Å². The van der Waals surface area contributed by atoms with Gasteiger partial charge >= 0.3 is 0 Å². The average molecular weight is 307 g/mol. The van der Waals surface area contributed by atoms with Crippen LogP contribution in [-0.4, -0.2) is 55.7 Å². The van der Waals surface area contributed by atoms with Crippen molar-refractivity contribution in [2.75, 3.05) is 37.6 Å². The van der Waals surface area contributed by atoms with E-state index in [2.05, 4.69) is 0 Å². The van der Waals surface area contributed by atoms with Gasteiger partial charge in [0.15, 0.2) is 0 Å². The first-order valence-corrected chi connectivity index (χ1v) is 7.83. The van der Waals surface area contributed by atoms with Gasteiger partial charge in [-0.15, -0.1) is 0 Å². The Morgan fingerprint density at radius 2 is 1.95 bits per heavy atom. The average Bonchev–Trinajstić information content (AvgIpc) is 3.04. The van der Waals surface area contributed by atoms with Gasteiger partial charge in [0, 0.05) is 32.7 Å². The predicted molar refractivity (Wildman–Crippen MR) is 82.1 cm³/mol. The zero-order valence-corrected chi connectivity index (χ0v) is 12.6. The highest BCUT2D eigenvalue weighted by molar-refractivity contribution is 5.81. The van der Waals surface area contributed by atoms with Crippen LogP contribution in [0.15, 0.2) is 24.3 Å². The molecule has 2 aliphatic heterocycles. The normalized spacial score (nSPS) is 25.5. The van der Waals surface area contributed by atoms with Crippen molar-refractivity contribution in [3.8, 4) is 0 Å². The molecule has 2 aliphatic rings. The molecule has 1 aromatic rings. The first-order chi connectivity index (χ1) is 10.7. The van der Waals surface area contributed by atoms with E-state index in [1.165, 1.54) is 6.07 Å². The standard InChI is InChI=1S/C16H22FN3O2/c17-13-3-1-2-4-14(13)19-7-9-20(10-8-19)16(21)15-6-5-12(11-18)22-15/h1-4,12,15H,5-11,18H2/t12-,15+/m1/s1. The Morgan fingerprint density at radius 3 is 2.59 bits per heavy atom. The second-order valence-electron chi connectivity index (χ2n) is 5.82.